The molecule has 0 spiro atoms. The third kappa shape index (κ3) is 9.06. The molecule has 0 bridgehead atoms. The SMILES string of the molecule is O=C(CS(=O)Cc1ccco1)NC/C=C\COc1cc(CN2CCCCCC2)ccn1. The maximum absolute atomic E-state index is 11.9. The van der Waals surface area contributed by atoms with Crippen LogP contribution in [0.1, 0.15) is 37.0 Å². The topological polar surface area (TPSA) is 84.7 Å². The summed E-state index contributed by atoms with van der Waals surface area (Å²) in [5.74, 6) is 1.17. The van der Waals surface area contributed by atoms with Gasteiger partial charge in [-0.15, -0.1) is 0 Å². The molecule has 0 saturated carbocycles. The van der Waals surface area contributed by atoms with E-state index >= 15 is 0 Å². The fourth-order valence-corrected chi connectivity index (χ4v) is 4.42. The number of amides is 1. The van der Waals surface area contributed by atoms with Crippen molar-refractivity contribution in [2.75, 3.05) is 32.0 Å². The van der Waals surface area contributed by atoms with Gasteiger partial charge in [-0.05, 0) is 55.8 Å². The molecular formula is C23H31N3O4S. The molecule has 1 atom stereocenters. The van der Waals surface area contributed by atoms with Gasteiger partial charge in [0, 0.05) is 36.2 Å². The Morgan fingerprint density at radius 3 is 2.84 bits per heavy atom. The molecule has 3 heterocycles. The smallest absolute Gasteiger partial charge is 0.232 e. The molecule has 1 N–H and O–H groups in total. The number of carbonyl (C=O) groups is 1. The first-order valence-electron chi connectivity index (χ1n) is 10.8. The summed E-state index contributed by atoms with van der Waals surface area (Å²) in [5.41, 5.74) is 1.21. The lowest BCUT2D eigenvalue weighted by atomic mass is 10.2. The molecule has 1 amide bonds. The number of likely N-dealkylation sites (tertiary alicyclic amines) is 1. The van der Waals surface area contributed by atoms with Crippen LogP contribution in [0, 0.1) is 0 Å². The zero-order chi connectivity index (χ0) is 21.7. The Morgan fingerprint density at radius 1 is 1.23 bits per heavy atom. The van der Waals surface area contributed by atoms with Crippen molar-refractivity contribution < 1.29 is 18.2 Å². The number of nitrogens with zero attached hydrogens (tertiary/aromatic N) is 2. The molecule has 8 heteroatoms. The second-order valence-corrected chi connectivity index (χ2v) is 9.04. The first kappa shape index (κ1) is 23.2. The summed E-state index contributed by atoms with van der Waals surface area (Å²) < 4.78 is 22.8. The van der Waals surface area contributed by atoms with Gasteiger partial charge >= 0.3 is 0 Å². The number of nitrogens with one attached hydrogen (secondary N) is 1. The Balaban J connectivity index is 1.31. The molecule has 7 nitrogen and oxygen atoms in total. The average Bonchev–Trinajstić information content (AvgIpc) is 3.12. The predicted molar refractivity (Wildman–Crippen MR) is 121 cm³/mol. The fourth-order valence-electron chi connectivity index (χ4n) is 3.44. The van der Waals surface area contributed by atoms with Crippen LogP contribution in [0.3, 0.4) is 0 Å². The summed E-state index contributed by atoms with van der Waals surface area (Å²) in [6.07, 6.45) is 12.2. The summed E-state index contributed by atoms with van der Waals surface area (Å²) in [5, 5.41) is 2.73. The number of aromatic nitrogens is 1. The minimum atomic E-state index is -1.29. The van der Waals surface area contributed by atoms with Gasteiger partial charge in [-0.3, -0.25) is 13.9 Å². The van der Waals surface area contributed by atoms with E-state index in [9.17, 15) is 9.00 Å². The largest absolute Gasteiger partial charge is 0.473 e. The number of furan rings is 1. The van der Waals surface area contributed by atoms with Crippen molar-refractivity contribution in [1.29, 1.82) is 0 Å². The molecule has 168 valence electrons. The van der Waals surface area contributed by atoms with E-state index in [1.54, 1.807) is 18.3 Å². The summed E-state index contributed by atoms with van der Waals surface area (Å²) in [7, 11) is -1.29. The van der Waals surface area contributed by atoms with Gasteiger partial charge in [-0.1, -0.05) is 18.9 Å². The standard InChI is InChI=1S/C23H31N3O4S/c27-22(19-31(28)18-21-8-7-15-29-21)24-10-3-6-14-30-23-16-20(9-11-25-23)17-26-12-4-1-2-5-13-26/h3,6-9,11,15-16H,1-2,4-5,10,12-14,17-19H2,(H,24,27)/b6-3-. The van der Waals surface area contributed by atoms with Crippen LogP contribution in [0.25, 0.3) is 0 Å². The third-order valence-corrected chi connectivity index (χ3v) is 6.18. The summed E-state index contributed by atoms with van der Waals surface area (Å²) >= 11 is 0. The van der Waals surface area contributed by atoms with Crippen LogP contribution in [0.4, 0.5) is 0 Å². The van der Waals surface area contributed by atoms with Crippen molar-refractivity contribution in [2.24, 2.45) is 0 Å². The molecule has 0 aromatic carbocycles. The van der Waals surface area contributed by atoms with Crippen molar-refractivity contribution in [1.82, 2.24) is 15.2 Å². The van der Waals surface area contributed by atoms with Crippen LogP contribution in [0.2, 0.25) is 0 Å². The molecule has 2 aromatic heterocycles. The zero-order valence-electron chi connectivity index (χ0n) is 17.8. The zero-order valence-corrected chi connectivity index (χ0v) is 18.6. The van der Waals surface area contributed by atoms with Gasteiger partial charge in [-0.2, -0.15) is 0 Å². The van der Waals surface area contributed by atoms with Crippen LogP contribution < -0.4 is 10.1 Å². The van der Waals surface area contributed by atoms with E-state index in [2.05, 4.69) is 15.2 Å². The number of rotatable bonds is 11. The highest BCUT2D eigenvalue weighted by molar-refractivity contribution is 7.84. The van der Waals surface area contributed by atoms with Crippen LogP contribution in [-0.2, 0) is 27.9 Å². The van der Waals surface area contributed by atoms with E-state index in [1.165, 1.54) is 37.5 Å². The molecular weight excluding hydrogens is 414 g/mol. The molecule has 1 saturated heterocycles. The molecule has 0 radical (unpaired) electrons. The van der Waals surface area contributed by atoms with Gasteiger partial charge in [0.2, 0.25) is 11.8 Å². The number of ether oxygens (including phenoxy) is 1. The number of hydrogen-bond donors (Lipinski definition) is 1. The summed E-state index contributed by atoms with van der Waals surface area (Å²) in [4.78, 5) is 18.6. The van der Waals surface area contributed by atoms with Crippen molar-refractivity contribution in [3.63, 3.8) is 0 Å². The van der Waals surface area contributed by atoms with Crippen LogP contribution in [-0.4, -0.2) is 52.0 Å². The molecule has 1 aliphatic rings. The molecule has 1 unspecified atom stereocenters. The number of carbonyl (C=O) groups excluding carboxylic acids is 1. The minimum absolute atomic E-state index is 0.0429. The van der Waals surface area contributed by atoms with Gasteiger partial charge in [0.1, 0.15) is 18.1 Å². The van der Waals surface area contributed by atoms with Crippen molar-refractivity contribution in [3.8, 4) is 5.88 Å². The molecule has 0 aliphatic carbocycles. The van der Waals surface area contributed by atoms with E-state index in [0.29, 0.717) is 24.8 Å². The Labute approximate surface area is 186 Å². The van der Waals surface area contributed by atoms with Gasteiger partial charge in [0.25, 0.3) is 0 Å². The monoisotopic (exact) mass is 445 g/mol. The Bertz CT molecular complexity index is 846. The quantitative estimate of drug-likeness (QED) is 0.535. The molecule has 31 heavy (non-hydrogen) atoms. The molecule has 3 rings (SSSR count). The lowest BCUT2D eigenvalue weighted by Crippen LogP contribution is -2.28. The van der Waals surface area contributed by atoms with E-state index in [4.69, 9.17) is 9.15 Å². The summed E-state index contributed by atoms with van der Waals surface area (Å²) in [6.45, 7) is 3.98. The van der Waals surface area contributed by atoms with Crippen LogP contribution in [0.15, 0.2) is 53.3 Å². The highest BCUT2D eigenvalue weighted by Crippen LogP contribution is 2.15. The van der Waals surface area contributed by atoms with E-state index in [0.717, 1.165) is 19.6 Å². The van der Waals surface area contributed by atoms with Crippen molar-refractivity contribution in [2.45, 2.75) is 38.0 Å². The van der Waals surface area contributed by atoms with Crippen LogP contribution >= 0.6 is 0 Å². The summed E-state index contributed by atoms with van der Waals surface area (Å²) in [6, 6.07) is 7.52. The highest BCUT2D eigenvalue weighted by Gasteiger charge is 2.10. The third-order valence-electron chi connectivity index (χ3n) is 4.99. The molecule has 1 aliphatic heterocycles. The maximum Gasteiger partial charge on any atom is 0.232 e. The first-order chi connectivity index (χ1) is 15.2. The van der Waals surface area contributed by atoms with Crippen LogP contribution in [0.5, 0.6) is 5.88 Å². The Kier molecular flexibility index (Phi) is 9.79. The Morgan fingerprint density at radius 2 is 2.06 bits per heavy atom. The number of pyridine rings is 1. The first-order valence-corrected chi connectivity index (χ1v) is 12.3. The van der Waals surface area contributed by atoms with Crippen molar-refractivity contribution in [3.05, 3.63) is 60.2 Å². The Hall–Kier alpha value is -2.45. The van der Waals surface area contributed by atoms with E-state index in [1.807, 2.05) is 24.3 Å². The van der Waals surface area contributed by atoms with E-state index in [-0.39, 0.29) is 17.4 Å². The predicted octanol–water partition coefficient (Wildman–Crippen LogP) is 3.05. The van der Waals surface area contributed by atoms with Gasteiger partial charge < -0.3 is 14.5 Å². The second-order valence-electron chi connectivity index (χ2n) is 7.59. The number of hydrogen-bond acceptors (Lipinski definition) is 6. The molecule has 1 fully saturated rings. The average molecular weight is 446 g/mol. The normalized spacial score (nSPS) is 16.1. The lowest BCUT2D eigenvalue weighted by Gasteiger charge is -2.19. The second kappa shape index (κ2) is 13.1. The fraction of sp³-hybridized carbons (Fsp3) is 0.478. The maximum atomic E-state index is 11.9. The van der Waals surface area contributed by atoms with Gasteiger partial charge in [-0.25, -0.2) is 4.98 Å². The van der Waals surface area contributed by atoms with Crippen molar-refractivity contribution >= 4 is 16.7 Å². The lowest BCUT2D eigenvalue weighted by molar-refractivity contribution is -0.118. The van der Waals surface area contributed by atoms with E-state index < -0.39 is 10.8 Å². The minimum Gasteiger partial charge on any atom is -0.473 e. The van der Waals surface area contributed by atoms with Gasteiger partial charge in [0.15, 0.2) is 0 Å². The molecule has 2 aromatic rings. The highest BCUT2D eigenvalue weighted by atomic mass is 32.2. The van der Waals surface area contributed by atoms with Gasteiger partial charge in [0.05, 0.1) is 12.0 Å².